The van der Waals surface area contributed by atoms with Crippen LogP contribution in [0.15, 0.2) is 0 Å². The van der Waals surface area contributed by atoms with Crippen molar-refractivity contribution in [3.8, 4) is 0 Å². The molecule has 0 aliphatic heterocycles. The fraction of sp³-hybridized carbons (Fsp3) is 1.00. The summed E-state index contributed by atoms with van der Waals surface area (Å²) in [6, 6.07) is 0.581. The van der Waals surface area contributed by atoms with Crippen molar-refractivity contribution in [2.24, 2.45) is 11.7 Å². The Morgan fingerprint density at radius 3 is 2.73 bits per heavy atom. The molecule has 0 aromatic rings. The SMILES string of the molecule is CC(C)N(C)CCC1CCCC1(O)CN. The molecule has 90 valence electrons. The molecule has 1 aliphatic carbocycles. The molecule has 1 rings (SSSR count). The molecule has 0 bridgehead atoms. The Bertz CT molecular complexity index is 196. The summed E-state index contributed by atoms with van der Waals surface area (Å²) in [5.74, 6) is 0.406. The van der Waals surface area contributed by atoms with Gasteiger partial charge in [0.05, 0.1) is 5.60 Å². The number of hydrogen-bond acceptors (Lipinski definition) is 3. The molecule has 1 aliphatic rings. The third-order valence-corrected chi connectivity index (χ3v) is 3.99. The highest BCUT2D eigenvalue weighted by atomic mass is 16.3. The Morgan fingerprint density at radius 2 is 2.20 bits per heavy atom. The van der Waals surface area contributed by atoms with E-state index in [-0.39, 0.29) is 0 Å². The summed E-state index contributed by atoms with van der Waals surface area (Å²) >= 11 is 0. The Morgan fingerprint density at radius 1 is 1.53 bits per heavy atom. The minimum absolute atomic E-state index is 0.406. The van der Waals surface area contributed by atoms with Gasteiger partial charge in [0.2, 0.25) is 0 Å². The highest BCUT2D eigenvalue weighted by molar-refractivity contribution is 4.93. The van der Waals surface area contributed by atoms with Gasteiger partial charge in [-0.25, -0.2) is 0 Å². The van der Waals surface area contributed by atoms with Crippen molar-refractivity contribution >= 4 is 0 Å². The first-order chi connectivity index (χ1) is 6.99. The normalized spacial score (nSPS) is 31.8. The van der Waals surface area contributed by atoms with Crippen LogP contribution < -0.4 is 5.73 Å². The van der Waals surface area contributed by atoms with Gasteiger partial charge in [0, 0.05) is 12.6 Å². The summed E-state index contributed by atoms with van der Waals surface area (Å²) in [7, 11) is 2.14. The molecule has 3 nitrogen and oxygen atoms in total. The monoisotopic (exact) mass is 214 g/mol. The van der Waals surface area contributed by atoms with Crippen molar-refractivity contribution in [3.63, 3.8) is 0 Å². The highest BCUT2D eigenvalue weighted by Gasteiger charge is 2.39. The minimum atomic E-state index is -0.572. The Balaban J connectivity index is 2.38. The van der Waals surface area contributed by atoms with Crippen LogP contribution in [0.25, 0.3) is 0 Å². The molecular weight excluding hydrogens is 188 g/mol. The van der Waals surface area contributed by atoms with E-state index in [1.54, 1.807) is 0 Å². The van der Waals surface area contributed by atoms with Crippen molar-refractivity contribution in [3.05, 3.63) is 0 Å². The van der Waals surface area contributed by atoms with Crippen molar-refractivity contribution < 1.29 is 5.11 Å². The van der Waals surface area contributed by atoms with E-state index in [4.69, 9.17) is 5.73 Å². The van der Waals surface area contributed by atoms with Gasteiger partial charge in [0.15, 0.2) is 0 Å². The first-order valence-corrected chi connectivity index (χ1v) is 6.12. The minimum Gasteiger partial charge on any atom is -0.388 e. The van der Waals surface area contributed by atoms with Crippen LogP contribution in [0.3, 0.4) is 0 Å². The molecule has 0 aromatic carbocycles. The second-order valence-corrected chi connectivity index (χ2v) is 5.26. The average molecular weight is 214 g/mol. The maximum absolute atomic E-state index is 10.3. The Kier molecular flexibility index (Phi) is 4.56. The lowest BCUT2D eigenvalue weighted by Gasteiger charge is -2.31. The van der Waals surface area contributed by atoms with Gasteiger partial charge in [0.25, 0.3) is 0 Å². The summed E-state index contributed by atoms with van der Waals surface area (Å²) in [5, 5.41) is 10.3. The molecule has 2 atom stereocenters. The van der Waals surface area contributed by atoms with Crippen LogP contribution in [0.2, 0.25) is 0 Å². The second-order valence-electron chi connectivity index (χ2n) is 5.26. The van der Waals surface area contributed by atoms with E-state index in [0.29, 0.717) is 18.5 Å². The largest absolute Gasteiger partial charge is 0.388 e. The lowest BCUT2D eigenvalue weighted by molar-refractivity contribution is 0.00451. The van der Waals surface area contributed by atoms with Crippen LogP contribution >= 0.6 is 0 Å². The van der Waals surface area contributed by atoms with Gasteiger partial charge >= 0.3 is 0 Å². The van der Waals surface area contributed by atoms with E-state index >= 15 is 0 Å². The van der Waals surface area contributed by atoms with Crippen molar-refractivity contribution in [1.29, 1.82) is 0 Å². The van der Waals surface area contributed by atoms with Crippen LogP contribution in [0.5, 0.6) is 0 Å². The smallest absolute Gasteiger partial charge is 0.0797 e. The number of nitrogens with zero attached hydrogens (tertiary/aromatic N) is 1. The fourth-order valence-corrected chi connectivity index (χ4v) is 2.43. The predicted octanol–water partition coefficient (Wildman–Crippen LogP) is 1.21. The molecule has 1 fully saturated rings. The molecule has 3 heteroatoms. The van der Waals surface area contributed by atoms with Crippen LogP contribution in [0.4, 0.5) is 0 Å². The topological polar surface area (TPSA) is 49.5 Å². The Hall–Kier alpha value is -0.120. The number of nitrogens with two attached hydrogens (primary N) is 1. The zero-order chi connectivity index (χ0) is 11.5. The van der Waals surface area contributed by atoms with E-state index in [2.05, 4.69) is 25.8 Å². The first kappa shape index (κ1) is 12.9. The van der Waals surface area contributed by atoms with Crippen LogP contribution in [-0.2, 0) is 0 Å². The molecular formula is C12H26N2O. The van der Waals surface area contributed by atoms with E-state index in [1.165, 1.54) is 0 Å². The van der Waals surface area contributed by atoms with Crippen LogP contribution in [0, 0.1) is 5.92 Å². The van der Waals surface area contributed by atoms with Crippen molar-refractivity contribution in [1.82, 2.24) is 4.90 Å². The lowest BCUT2D eigenvalue weighted by atomic mass is 9.88. The lowest BCUT2D eigenvalue weighted by Crippen LogP contribution is -2.42. The Labute approximate surface area is 93.6 Å². The molecule has 0 amide bonds. The van der Waals surface area contributed by atoms with Crippen LogP contribution in [-0.4, -0.2) is 41.8 Å². The van der Waals surface area contributed by atoms with E-state index < -0.39 is 5.60 Å². The van der Waals surface area contributed by atoms with Gasteiger partial charge < -0.3 is 15.7 Å². The van der Waals surface area contributed by atoms with Gasteiger partial charge in [-0.2, -0.15) is 0 Å². The quantitative estimate of drug-likeness (QED) is 0.723. The standard InChI is InChI=1S/C12H26N2O/c1-10(2)14(3)8-6-11-5-4-7-12(11,15)9-13/h10-11,15H,4-9,13H2,1-3H3. The zero-order valence-corrected chi connectivity index (χ0v) is 10.4. The molecule has 0 saturated heterocycles. The molecule has 1 saturated carbocycles. The molecule has 3 N–H and O–H groups in total. The average Bonchev–Trinajstić information content (AvgIpc) is 2.57. The maximum Gasteiger partial charge on any atom is 0.0797 e. The van der Waals surface area contributed by atoms with Gasteiger partial charge in [-0.15, -0.1) is 0 Å². The molecule has 0 spiro atoms. The highest BCUT2D eigenvalue weighted by Crippen LogP contribution is 2.37. The van der Waals surface area contributed by atoms with Gasteiger partial charge in [-0.3, -0.25) is 0 Å². The van der Waals surface area contributed by atoms with Crippen molar-refractivity contribution in [2.75, 3.05) is 20.1 Å². The van der Waals surface area contributed by atoms with Crippen molar-refractivity contribution in [2.45, 2.75) is 51.2 Å². The summed E-state index contributed by atoms with van der Waals surface area (Å²) < 4.78 is 0. The van der Waals surface area contributed by atoms with E-state index in [0.717, 1.165) is 32.2 Å². The van der Waals surface area contributed by atoms with E-state index in [1.807, 2.05) is 0 Å². The van der Waals surface area contributed by atoms with Gasteiger partial charge in [-0.05, 0) is 52.6 Å². The fourth-order valence-electron chi connectivity index (χ4n) is 2.43. The summed E-state index contributed by atoms with van der Waals surface area (Å²) in [5.41, 5.74) is 5.09. The zero-order valence-electron chi connectivity index (χ0n) is 10.4. The number of hydrogen-bond donors (Lipinski definition) is 2. The third-order valence-electron chi connectivity index (χ3n) is 3.99. The summed E-state index contributed by atoms with van der Waals surface area (Å²) in [6.45, 7) is 5.88. The van der Waals surface area contributed by atoms with Gasteiger partial charge in [0.1, 0.15) is 0 Å². The second kappa shape index (κ2) is 5.28. The molecule has 15 heavy (non-hydrogen) atoms. The first-order valence-electron chi connectivity index (χ1n) is 6.12. The summed E-state index contributed by atoms with van der Waals surface area (Å²) in [4.78, 5) is 2.33. The maximum atomic E-state index is 10.3. The number of aliphatic hydroxyl groups is 1. The van der Waals surface area contributed by atoms with Gasteiger partial charge in [-0.1, -0.05) is 6.42 Å². The number of rotatable bonds is 5. The summed E-state index contributed by atoms with van der Waals surface area (Å²) in [6.07, 6.45) is 4.23. The van der Waals surface area contributed by atoms with Crippen LogP contribution in [0.1, 0.15) is 39.5 Å². The molecule has 0 heterocycles. The molecule has 0 aromatic heterocycles. The molecule has 0 radical (unpaired) electrons. The van der Waals surface area contributed by atoms with E-state index in [9.17, 15) is 5.11 Å². The molecule has 2 unspecified atom stereocenters. The third kappa shape index (κ3) is 3.16. The predicted molar refractivity (Wildman–Crippen MR) is 63.7 cm³/mol.